The van der Waals surface area contributed by atoms with Crippen molar-refractivity contribution in [2.45, 2.75) is 5.25 Å². The van der Waals surface area contributed by atoms with Crippen LogP contribution in [-0.4, -0.2) is 45.6 Å². The summed E-state index contributed by atoms with van der Waals surface area (Å²) in [6, 6.07) is 8.67. The number of nitrogens with one attached hydrogen (secondary N) is 1. The van der Waals surface area contributed by atoms with Crippen LogP contribution in [0.25, 0.3) is 0 Å². The molecule has 0 bridgehead atoms. The molecule has 2 unspecified atom stereocenters. The van der Waals surface area contributed by atoms with Crippen LogP contribution < -0.4 is 5.32 Å². The predicted octanol–water partition coefficient (Wildman–Crippen LogP) is 0.476. The molecule has 0 aromatic heterocycles. The molecule has 0 radical (unpaired) electrons. The molecule has 1 aliphatic rings. The van der Waals surface area contributed by atoms with Crippen molar-refractivity contribution in [2.75, 3.05) is 26.0 Å². The molecule has 0 amide bonds. The summed E-state index contributed by atoms with van der Waals surface area (Å²) in [5, 5.41) is 2.55. The van der Waals surface area contributed by atoms with Crippen molar-refractivity contribution >= 4 is 15.8 Å². The monoisotopic (exact) mass is 283 g/mol. The first-order valence-electron chi connectivity index (χ1n) is 6.10. The minimum Gasteiger partial charge on any atom is -0.462 e. The van der Waals surface area contributed by atoms with Gasteiger partial charge in [-0.25, -0.2) is 13.2 Å². The van der Waals surface area contributed by atoms with E-state index < -0.39 is 21.1 Å². The van der Waals surface area contributed by atoms with Gasteiger partial charge in [0, 0.05) is 25.3 Å². The van der Waals surface area contributed by atoms with Gasteiger partial charge in [0.1, 0.15) is 0 Å². The highest BCUT2D eigenvalue weighted by Crippen LogP contribution is 2.17. The molecule has 0 spiro atoms. The lowest BCUT2D eigenvalue weighted by Gasteiger charge is -2.16. The van der Waals surface area contributed by atoms with E-state index in [-0.39, 0.29) is 12.5 Å². The van der Waals surface area contributed by atoms with Crippen molar-refractivity contribution in [1.29, 1.82) is 0 Å². The fraction of sp³-hybridized carbons (Fsp3) is 0.462. The van der Waals surface area contributed by atoms with Gasteiger partial charge in [-0.3, -0.25) is 0 Å². The van der Waals surface area contributed by atoms with Gasteiger partial charge in [0.15, 0.2) is 9.84 Å². The van der Waals surface area contributed by atoms with Gasteiger partial charge in [0.2, 0.25) is 0 Å². The van der Waals surface area contributed by atoms with Gasteiger partial charge in [-0.2, -0.15) is 0 Å². The van der Waals surface area contributed by atoms with Crippen LogP contribution in [0.1, 0.15) is 10.4 Å². The van der Waals surface area contributed by atoms with Crippen molar-refractivity contribution in [1.82, 2.24) is 5.32 Å². The number of carbonyl (C=O) groups is 1. The summed E-state index contributed by atoms with van der Waals surface area (Å²) >= 11 is 0. The summed E-state index contributed by atoms with van der Waals surface area (Å²) < 4.78 is 28.4. The number of carbonyl (C=O) groups excluding carboxylic acids is 1. The molecule has 0 saturated carbocycles. The Labute approximate surface area is 112 Å². The maximum atomic E-state index is 11.8. The minimum absolute atomic E-state index is 0.123. The van der Waals surface area contributed by atoms with E-state index in [4.69, 9.17) is 4.74 Å². The number of benzene rings is 1. The first-order valence-corrected chi connectivity index (χ1v) is 8.05. The molecule has 19 heavy (non-hydrogen) atoms. The summed E-state index contributed by atoms with van der Waals surface area (Å²) in [7, 11) is -3.12. The first-order chi connectivity index (χ1) is 8.98. The van der Waals surface area contributed by atoms with E-state index in [1.165, 1.54) is 6.26 Å². The molecule has 1 saturated heterocycles. The molecular formula is C13H17NO4S. The Bertz CT molecular complexity index is 541. The Kier molecular flexibility index (Phi) is 4.21. The van der Waals surface area contributed by atoms with Crippen LogP contribution in [-0.2, 0) is 14.6 Å². The Balaban J connectivity index is 1.94. The van der Waals surface area contributed by atoms with Gasteiger partial charge in [-0.1, -0.05) is 18.2 Å². The predicted molar refractivity (Wildman–Crippen MR) is 71.7 cm³/mol. The number of ether oxygens (including phenoxy) is 1. The quantitative estimate of drug-likeness (QED) is 0.814. The van der Waals surface area contributed by atoms with Crippen molar-refractivity contribution in [3.63, 3.8) is 0 Å². The second-order valence-electron chi connectivity index (χ2n) is 4.75. The highest BCUT2D eigenvalue weighted by atomic mass is 32.2. The highest BCUT2D eigenvalue weighted by molar-refractivity contribution is 7.91. The van der Waals surface area contributed by atoms with Crippen molar-refractivity contribution < 1.29 is 17.9 Å². The van der Waals surface area contributed by atoms with Crippen LogP contribution in [0.5, 0.6) is 0 Å². The summed E-state index contributed by atoms with van der Waals surface area (Å²) in [5.41, 5.74) is 0.476. The van der Waals surface area contributed by atoms with Crippen LogP contribution in [0.4, 0.5) is 0 Å². The van der Waals surface area contributed by atoms with Gasteiger partial charge < -0.3 is 10.1 Å². The van der Waals surface area contributed by atoms with Crippen LogP contribution in [0.15, 0.2) is 30.3 Å². The molecule has 1 aromatic carbocycles. The van der Waals surface area contributed by atoms with Crippen molar-refractivity contribution in [3.05, 3.63) is 35.9 Å². The Morgan fingerprint density at radius 2 is 2.00 bits per heavy atom. The number of esters is 1. The third-order valence-corrected chi connectivity index (χ3v) is 4.92. The number of sulfone groups is 1. The number of hydrogen-bond acceptors (Lipinski definition) is 5. The molecule has 1 fully saturated rings. The van der Waals surface area contributed by atoms with Gasteiger partial charge in [0.05, 0.1) is 17.4 Å². The summed E-state index contributed by atoms with van der Waals surface area (Å²) in [6.07, 6.45) is 1.22. The topological polar surface area (TPSA) is 72.5 Å². The van der Waals surface area contributed by atoms with Gasteiger partial charge in [0.25, 0.3) is 0 Å². The second-order valence-corrected chi connectivity index (χ2v) is 7.02. The molecule has 104 valence electrons. The Morgan fingerprint density at radius 1 is 1.32 bits per heavy atom. The van der Waals surface area contributed by atoms with E-state index in [1.54, 1.807) is 24.3 Å². The maximum absolute atomic E-state index is 11.8. The fourth-order valence-electron chi connectivity index (χ4n) is 2.22. The molecule has 1 aromatic rings. The molecule has 5 nitrogen and oxygen atoms in total. The van der Waals surface area contributed by atoms with Crippen LogP contribution in [0, 0.1) is 5.92 Å². The zero-order valence-corrected chi connectivity index (χ0v) is 11.5. The van der Waals surface area contributed by atoms with E-state index >= 15 is 0 Å². The lowest BCUT2D eigenvalue weighted by molar-refractivity contribution is 0.0451. The molecule has 2 rings (SSSR count). The zero-order valence-electron chi connectivity index (χ0n) is 10.7. The van der Waals surface area contributed by atoms with Crippen molar-refractivity contribution in [2.24, 2.45) is 5.92 Å². The average molecular weight is 283 g/mol. The first kappa shape index (κ1) is 14.0. The third-order valence-electron chi connectivity index (χ3n) is 3.27. The highest BCUT2D eigenvalue weighted by Gasteiger charge is 2.35. The number of rotatable bonds is 4. The Hall–Kier alpha value is -1.40. The van der Waals surface area contributed by atoms with E-state index in [0.717, 1.165) is 0 Å². The van der Waals surface area contributed by atoms with Crippen LogP contribution in [0.3, 0.4) is 0 Å². The molecule has 1 N–H and O–H groups in total. The summed E-state index contributed by atoms with van der Waals surface area (Å²) in [5.74, 6) is -0.595. The van der Waals surface area contributed by atoms with E-state index in [1.807, 2.05) is 6.07 Å². The molecule has 1 aliphatic heterocycles. The third kappa shape index (κ3) is 3.54. The standard InChI is InChI=1S/C13H17NO4S/c1-19(16,17)12-8-14-7-11(12)9-18-13(15)10-5-3-2-4-6-10/h2-6,11-12,14H,7-9H2,1H3. The van der Waals surface area contributed by atoms with Gasteiger partial charge in [-0.15, -0.1) is 0 Å². The largest absolute Gasteiger partial charge is 0.462 e. The SMILES string of the molecule is CS(=O)(=O)C1CNCC1COC(=O)c1ccccc1. The van der Waals surface area contributed by atoms with E-state index in [9.17, 15) is 13.2 Å². The zero-order chi connectivity index (χ0) is 13.9. The van der Waals surface area contributed by atoms with Gasteiger partial charge in [-0.05, 0) is 12.1 Å². The molecular weight excluding hydrogens is 266 g/mol. The molecule has 2 atom stereocenters. The lowest BCUT2D eigenvalue weighted by atomic mass is 10.1. The minimum atomic E-state index is -3.12. The summed E-state index contributed by atoms with van der Waals surface area (Å²) in [6.45, 7) is 1.10. The Morgan fingerprint density at radius 3 is 2.63 bits per heavy atom. The smallest absolute Gasteiger partial charge is 0.338 e. The fourth-order valence-corrected chi connectivity index (χ4v) is 3.51. The molecule has 1 heterocycles. The lowest BCUT2D eigenvalue weighted by Crippen LogP contribution is -2.31. The van der Waals surface area contributed by atoms with Crippen LogP contribution in [0.2, 0.25) is 0 Å². The van der Waals surface area contributed by atoms with E-state index in [2.05, 4.69) is 5.32 Å². The van der Waals surface area contributed by atoms with Gasteiger partial charge >= 0.3 is 5.97 Å². The number of hydrogen-bond donors (Lipinski definition) is 1. The van der Waals surface area contributed by atoms with Crippen LogP contribution >= 0.6 is 0 Å². The second kappa shape index (κ2) is 5.71. The molecule has 0 aliphatic carbocycles. The average Bonchev–Trinajstić information content (AvgIpc) is 2.85. The normalized spacial score (nSPS) is 23.2. The van der Waals surface area contributed by atoms with Crippen molar-refractivity contribution in [3.8, 4) is 0 Å². The maximum Gasteiger partial charge on any atom is 0.338 e. The van der Waals surface area contributed by atoms with E-state index in [0.29, 0.717) is 18.7 Å². The molecule has 6 heteroatoms. The summed E-state index contributed by atoms with van der Waals surface area (Å²) in [4.78, 5) is 11.8.